The number of hydrogen-bond acceptors (Lipinski definition) is 6. The first-order valence-electron chi connectivity index (χ1n) is 7.75. The van der Waals surface area contributed by atoms with Gasteiger partial charge in [-0.1, -0.05) is 18.2 Å². The number of carbonyl (C=O) groups excluding carboxylic acids is 2. The lowest BCUT2D eigenvalue weighted by molar-refractivity contribution is -0.384. The molecule has 27 heavy (non-hydrogen) atoms. The molecule has 0 unspecified atom stereocenters. The van der Waals surface area contributed by atoms with E-state index in [-0.39, 0.29) is 34.4 Å². The molecule has 1 aliphatic rings. The van der Waals surface area contributed by atoms with Crippen LogP contribution in [0.4, 0.5) is 5.69 Å². The molecule has 0 bridgehead atoms. The van der Waals surface area contributed by atoms with Crippen LogP contribution in [0.3, 0.4) is 0 Å². The van der Waals surface area contributed by atoms with Crippen molar-refractivity contribution in [2.75, 3.05) is 6.54 Å². The number of nitro groups is 1. The van der Waals surface area contributed by atoms with E-state index in [1.54, 1.807) is 18.2 Å². The number of thiocarbonyl (C=S) groups is 1. The predicted molar refractivity (Wildman–Crippen MR) is 101 cm³/mol. The van der Waals surface area contributed by atoms with E-state index >= 15 is 0 Å². The lowest BCUT2D eigenvalue weighted by Gasteiger charge is -2.27. The number of para-hydroxylation sites is 1. The Morgan fingerprint density at radius 2 is 2.00 bits per heavy atom. The predicted octanol–water partition coefficient (Wildman–Crippen LogP) is 2.67. The first kappa shape index (κ1) is 18.2. The van der Waals surface area contributed by atoms with Gasteiger partial charge in [-0.2, -0.15) is 0 Å². The summed E-state index contributed by atoms with van der Waals surface area (Å²) < 4.78 is 5.60. The third-order valence-electron chi connectivity index (χ3n) is 3.78. The van der Waals surface area contributed by atoms with Gasteiger partial charge in [0.1, 0.15) is 17.1 Å². The molecule has 0 spiro atoms. The summed E-state index contributed by atoms with van der Waals surface area (Å²) in [6.07, 6.45) is 2.76. The smallest absolute Gasteiger partial charge is 0.280 e. The Bertz CT molecular complexity index is 1010. The van der Waals surface area contributed by atoms with E-state index in [1.807, 2.05) is 0 Å². The van der Waals surface area contributed by atoms with Gasteiger partial charge >= 0.3 is 0 Å². The van der Waals surface area contributed by atoms with E-state index in [1.165, 1.54) is 35.3 Å². The summed E-state index contributed by atoms with van der Waals surface area (Å²) in [5.74, 6) is -0.773. The molecule has 0 radical (unpaired) electrons. The van der Waals surface area contributed by atoms with Gasteiger partial charge in [0.25, 0.3) is 17.5 Å². The molecule has 2 amide bonds. The molecule has 0 atom stereocenters. The molecule has 0 saturated carbocycles. The van der Waals surface area contributed by atoms with Crippen LogP contribution in [0.15, 0.2) is 59.0 Å². The maximum atomic E-state index is 12.5. The van der Waals surface area contributed by atoms with Crippen LogP contribution in [-0.4, -0.2) is 33.3 Å². The second kappa shape index (κ2) is 7.34. The van der Waals surface area contributed by atoms with Gasteiger partial charge < -0.3 is 4.42 Å². The molecule has 2 aromatic rings. The van der Waals surface area contributed by atoms with Crippen LogP contribution in [0, 0.1) is 10.1 Å². The fourth-order valence-corrected chi connectivity index (χ4v) is 2.80. The summed E-state index contributed by atoms with van der Waals surface area (Å²) in [5.41, 5.74) is 0.0231. The van der Waals surface area contributed by atoms with Crippen molar-refractivity contribution in [2.24, 2.45) is 0 Å². The molecule has 9 heteroatoms. The number of nitro benzene ring substituents is 1. The molecule has 136 valence electrons. The van der Waals surface area contributed by atoms with Crippen LogP contribution in [0.2, 0.25) is 0 Å². The minimum absolute atomic E-state index is 0.00194. The summed E-state index contributed by atoms with van der Waals surface area (Å²) in [4.78, 5) is 36.5. The zero-order valence-electron chi connectivity index (χ0n) is 13.9. The number of carbonyl (C=O) groups is 2. The number of rotatable bonds is 5. The fraction of sp³-hybridized carbons (Fsp3) is 0.0556. The largest absolute Gasteiger partial charge is 0.456 e. The number of furan rings is 1. The van der Waals surface area contributed by atoms with Crippen LogP contribution >= 0.6 is 12.2 Å². The monoisotopic (exact) mass is 383 g/mol. The standard InChI is InChI=1S/C18H13N3O5S/c1-2-9-20-17(23)13(16(22)19-18(20)27)10-11-7-8-15(26-11)12-5-3-4-6-14(12)21(24)25/h2-8,10H,1,9H2,(H,19,22,27)/b13-10+. The topological polar surface area (TPSA) is 106 Å². The number of hydrogen-bond donors (Lipinski definition) is 1. The van der Waals surface area contributed by atoms with Crippen LogP contribution in [0.25, 0.3) is 17.4 Å². The molecule has 1 aromatic heterocycles. The molecule has 0 aliphatic carbocycles. The summed E-state index contributed by atoms with van der Waals surface area (Å²) in [6.45, 7) is 3.70. The van der Waals surface area contributed by atoms with Gasteiger partial charge in [-0.3, -0.25) is 29.9 Å². The average Bonchev–Trinajstić information content (AvgIpc) is 3.10. The zero-order chi connectivity index (χ0) is 19.6. The zero-order valence-corrected chi connectivity index (χ0v) is 14.7. The fourth-order valence-electron chi connectivity index (χ4n) is 2.55. The van der Waals surface area contributed by atoms with E-state index in [2.05, 4.69) is 11.9 Å². The third-order valence-corrected chi connectivity index (χ3v) is 4.10. The first-order valence-corrected chi connectivity index (χ1v) is 8.16. The van der Waals surface area contributed by atoms with Crippen molar-refractivity contribution < 1.29 is 18.9 Å². The molecular formula is C18H13N3O5S. The lowest BCUT2D eigenvalue weighted by atomic mass is 10.1. The van der Waals surface area contributed by atoms with E-state index in [0.717, 1.165) is 0 Å². The van der Waals surface area contributed by atoms with E-state index in [4.69, 9.17) is 16.6 Å². The Labute approximate surface area is 158 Å². The summed E-state index contributed by atoms with van der Waals surface area (Å²) in [5, 5.41) is 13.6. The Kier molecular flexibility index (Phi) is 4.95. The molecule has 1 saturated heterocycles. The SMILES string of the molecule is C=CCN1C(=O)/C(=C/c2ccc(-c3ccccc3[N+](=O)[O-])o2)C(=O)NC1=S. The van der Waals surface area contributed by atoms with Crippen molar-refractivity contribution >= 4 is 40.9 Å². The highest BCUT2D eigenvalue weighted by atomic mass is 32.1. The van der Waals surface area contributed by atoms with E-state index < -0.39 is 16.7 Å². The van der Waals surface area contributed by atoms with Gasteiger partial charge in [-0.05, 0) is 36.5 Å². The van der Waals surface area contributed by atoms with Crippen LogP contribution in [-0.2, 0) is 9.59 Å². The molecule has 1 aromatic carbocycles. The molecule has 8 nitrogen and oxygen atoms in total. The molecule has 1 fully saturated rings. The van der Waals surface area contributed by atoms with Crippen LogP contribution < -0.4 is 5.32 Å². The number of nitrogens with zero attached hydrogens (tertiary/aromatic N) is 2. The second-order valence-electron chi connectivity index (χ2n) is 5.50. The molecule has 1 N–H and O–H groups in total. The summed E-state index contributed by atoms with van der Waals surface area (Å²) in [7, 11) is 0. The van der Waals surface area contributed by atoms with Gasteiger partial charge in [-0.15, -0.1) is 6.58 Å². The number of nitrogens with one attached hydrogen (secondary N) is 1. The quantitative estimate of drug-likeness (QED) is 0.212. The summed E-state index contributed by atoms with van der Waals surface area (Å²) >= 11 is 4.98. The Balaban J connectivity index is 1.96. The van der Waals surface area contributed by atoms with Crippen molar-refractivity contribution in [1.29, 1.82) is 0 Å². The van der Waals surface area contributed by atoms with Gasteiger partial charge in [0.05, 0.1) is 10.5 Å². The molecule has 1 aliphatic heterocycles. The average molecular weight is 383 g/mol. The first-order chi connectivity index (χ1) is 12.9. The third kappa shape index (κ3) is 3.53. The number of amides is 2. The molecule has 3 rings (SSSR count). The summed E-state index contributed by atoms with van der Waals surface area (Å²) in [6, 6.07) is 9.17. The van der Waals surface area contributed by atoms with Crippen molar-refractivity contribution in [2.45, 2.75) is 0 Å². The Morgan fingerprint density at radius 1 is 1.26 bits per heavy atom. The van der Waals surface area contributed by atoms with Crippen LogP contribution in [0.1, 0.15) is 5.76 Å². The van der Waals surface area contributed by atoms with Crippen molar-refractivity contribution in [3.05, 3.63) is 70.5 Å². The molecule has 2 heterocycles. The second-order valence-corrected chi connectivity index (χ2v) is 5.88. The van der Waals surface area contributed by atoms with E-state index in [9.17, 15) is 19.7 Å². The number of benzene rings is 1. The van der Waals surface area contributed by atoms with Crippen LogP contribution in [0.5, 0.6) is 0 Å². The highest BCUT2D eigenvalue weighted by Crippen LogP contribution is 2.31. The maximum absolute atomic E-state index is 12.5. The highest BCUT2D eigenvalue weighted by Gasteiger charge is 2.33. The van der Waals surface area contributed by atoms with Gasteiger partial charge in [-0.25, -0.2) is 0 Å². The Morgan fingerprint density at radius 3 is 2.70 bits per heavy atom. The maximum Gasteiger partial charge on any atom is 0.280 e. The van der Waals surface area contributed by atoms with Gasteiger partial charge in [0.2, 0.25) is 0 Å². The highest BCUT2D eigenvalue weighted by molar-refractivity contribution is 7.80. The van der Waals surface area contributed by atoms with Crippen molar-refractivity contribution in [3.8, 4) is 11.3 Å². The van der Waals surface area contributed by atoms with Crippen molar-refractivity contribution in [1.82, 2.24) is 10.2 Å². The van der Waals surface area contributed by atoms with Gasteiger partial charge in [0.15, 0.2) is 5.11 Å². The lowest BCUT2D eigenvalue weighted by Crippen LogP contribution is -2.53. The van der Waals surface area contributed by atoms with Crippen molar-refractivity contribution in [3.63, 3.8) is 0 Å². The normalized spacial score (nSPS) is 15.8. The molecular weight excluding hydrogens is 370 g/mol. The minimum Gasteiger partial charge on any atom is -0.456 e. The van der Waals surface area contributed by atoms with E-state index in [0.29, 0.717) is 5.56 Å². The Hall–Kier alpha value is -3.59. The minimum atomic E-state index is -0.644. The van der Waals surface area contributed by atoms with Gasteiger partial charge in [0, 0.05) is 12.6 Å².